The van der Waals surface area contributed by atoms with Gasteiger partial charge in [0, 0.05) is 17.6 Å². The number of benzene rings is 1. The Balaban J connectivity index is 1.84. The highest BCUT2D eigenvalue weighted by molar-refractivity contribution is 9.10. The molecular weight excluding hydrogens is 298 g/mol. The molecule has 0 N–H and O–H groups in total. The first-order chi connectivity index (χ1) is 9.15. The van der Waals surface area contributed by atoms with E-state index in [1.165, 1.54) is 43.5 Å². The molecule has 19 heavy (non-hydrogen) atoms. The van der Waals surface area contributed by atoms with Gasteiger partial charge in [0.2, 0.25) is 0 Å². The van der Waals surface area contributed by atoms with E-state index in [1.54, 1.807) is 0 Å². The summed E-state index contributed by atoms with van der Waals surface area (Å²) < 4.78 is 1.16. The fourth-order valence-electron chi connectivity index (χ4n) is 2.56. The summed E-state index contributed by atoms with van der Waals surface area (Å²) in [6.45, 7) is 8.19. The molecule has 1 aliphatic rings. The summed E-state index contributed by atoms with van der Waals surface area (Å²) in [7, 11) is 0. The summed E-state index contributed by atoms with van der Waals surface area (Å²) >= 11 is 3.49. The third-order valence-electron chi connectivity index (χ3n) is 3.76. The van der Waals surface area contributed by atoms with Crippen molar-refractivity contribution in [2.24, 2.45) is 5.92 Å². The van der Waals surface area contributed by atoms with E-state index >= 15 is 0 Å². The van der Waals surface area contributed by atoms with Crippen molar-refractivity contribution >= 4 is 21.5 Å². The molecule has 1 aromatic carbocycles. The zero-order valence-corrected chi connectivity index (χ0v) is 13.6. The lowest BCUT2D eigenvalue weighted by molar-refractivity contribution is 0.288. The first-order valence-electron chi connectivity index (χ1n) is 7.32. The first-order valence-corrected chi connectivity index (χ1v) is 8.12. The maximum atomic E-state index is 3.49. The molecule has 0 atom stereocenters. The fourth-order valence-corrected chi connectivity index (χ4v) is 2.83. The maximum Gasteiger partial charge on any atom is 0.0175 e. The summed E-state index contributed by atoms with van der Waals surface area (Å²) in [5.74, 6) is 0.832. The van der Waals surface area contributed by atoms with Crippen LogP contribution in [0.25, 0.3) is 5.57 Å². The smallest absolute Gasteiger partial charge is 0.0175 e. The molecule has 1 heterocycles. The van der Waals surface area contributed by atoms with Crippen molar-refractivity contribution in [2.75, 3.05) is 19.6 Å². The second-order valence-corrected chi connectivity index (χ2v) is 6.74. The molecule has 0 saturated heterocycles. The minimum absolute atomic E-state index is 0.832. The van der Waals surface area contributed by atoms with E-state index < -0.39 is 0 Å². The fraction of sp³-hybridized carbons (Fsp3) is 0.529. The van der Waals surface area contributed by atoms with E-state index in [9.17, 15) is 0 Å². The van der Waals surface area contributed by atoms with Gasteiger partial charge in [0.1, 0.15) is 0 Å². The number of nitrogens with zero attached hydrogens (tertiary/aromatic N) is 1. The molecule has 0 fully saturated rings. The van der Waals surface area contributed by atoms with E-state index in [0.717, 1.165) is 16.9 Å². The molecule has 2 rings (SSSR count). The summed E-state index contributed by atoms with van der Waals surface area (Å²) in [6.07, 6.45) is 6.27. The lowest BCUT2D eigenvalue weighted by Crippen LogP contribution is -2.29. The summed E-state index contributed by atoms with van der Waals surface area (Å²) in [6, 6.07) is 8.69. The number of halogens is 1. The molecule has 0 amide bonds. The van der Waals surface area contributed by atoms with Gasteiger partial charge in [-0.05, 0) is 55.0 Å². The molecule has 0 bridgehead atoms. The third kappa shape index (κ3) is 4.77. The Morgan fingerprint density at radius 3 is 2.53 bits per heavy atom. The third-order valence-corrected chi connectivity index (χ3v) is 4.29. The van der Waals surface area contributed by atoms with Gasteiger partial charge >= 0.3 is 0 Å². The van der Waals surface area contributed by atoms with Crippen LogP contribution in [0.5, 0.6) is 0 Å². The molecule has 0 aromatic heterocycles. The Labute approximate surface area is 125 Å². The molecule has 0 unspecified atom stereocenters. The first kappa shape index (κ1) is 14.8. The lowest BCUT2D eigenvalue weighted by atomic mass is 9.99. The van der Waals surface area contributed by atoms with Crippen LogP contribution in [0.3, 0.4) is 0 Å². The topological polar surface area (TPSA) is 3.24 Å². The second-order valence-electron chi connectivity index (χ2n) is 5.82. The monoisotopic (exact) mass is 321 g/mol. The van der Waals surface area contributed by atoms with Crippen molar-refractivity contribution in [1.29, 1.82) is 0 Å². The summed E-state index contributed by atoms with van der Waals surface area (Å²) in [5, 5.41) is 0. The van der Waals surface area contributed by atoms with E-state index in [-0.39, 0.29) is 0 Å². The van der Waals surface area contributed by atoms with Crippen molar-refractivity contribution in [1.82, 2.24) is 4.90 Å². The largest absolute Gasteiger partial charge is 0.299 e. The van der Waals surface area contributed by atoms with Crippen LogP contribution in [0.15, 0.2) is 34.8 Å². The van der Waals surface area contributed by atoms with Crippen molar-refractivity contribution in [2.45, 2.75) is 33.1 Å². The molecule has 0 saturated carbocycles. The van der Waals surface area contributed by atoms with E-state index in [4.69, 9.17) is 0 Å². The van der Waals surface area contributed by atoms with Crippen LogP contribution < -0.4 is 0 Å². The normalized spacial score (nSPS) is 16.7. The van der Waals surface area contributed by atoms with Gasteiger partial charge in [0.25, 0.3) is 0 Å². The number of hydrogen-bond acceptors (Lipinski definition) is 1. The zero-order chi connectivity index (χ0) is 13.7. The summed E-state index contributed by atoms with van der Waals surface area (Å²) in [5.41, 5.74) is 2.89. The van der Waals surface area contributed by atoms with Crippen LogP contribution in [0.4, 0.5) is 0 Å². The number of rotatable bonds is 5. The molecular formula is C17H24BrN. The zero-order valence-electron chi connectivity index (χ0n) is 12.0. The van der Waals surface area contributed by atoms with E-state index in [0.29, 0.717) is 0 Å². The molecule has 1 aliphatic heterocycles. The maximum absolute atomic E-state index is 3.49. The van der Waals surface area contributed by atoms with Crippen molar-refractivity contribution in [3.8, 4) is 0 Å². The molecule has 2 heteroatoms. The van der Waals surface area contributed by atoms with Gasteiger partial charge in [-0.1, -0.05) is 48.0 Å². The van der Waals surface area contributed by atoms with Crippen LogP contribution >= 0.6 is 15.9 Å². The Morgan fingerprint density at radius 1 is 1.21 bits per heavy atom. The molecule has 0 radical (unpaired) electrons. The lowest BCUT2D eigenvalue weighted by Gasteiger charge is -2.26. The van der Waals surface area contributed by atoms with Crippen LogP contribution in [-0.4, -0.2) is 24.5 Å². The van der Waals surface area contributed by atoms with Crippen molar-refractivity contribution in [3.63, 3.8) is 0 Å². The molecule has 0 spiro atoms. The quantitative estimate of drug-likeness (QED) is 0.739. The average Bonchev–Trinajstić information content (AvgIpc) is 2.40. The predicted molar refractivity (Wildman–Crippen MR) is 87.2 cm³/mol. The Bertz CT molecular complexity index is 419. The van der Waals surface area contributed by atoms with Gasteiger partial charge in [-0.2, -0.15) is 0 Å². The number of hydrogen-bond donors (Lipinski definition) is 0. The van der Waals surface area contributed by atoms with Gasteiger partial charge in [-0.25, -0.2) is 0 Å². The van der Waals surface area contributed by atoms with Gasteiger partial charge in [0.05, 0.1) is 0 Å². The Morgan fingerprint density at radius 2 is 1.95 bits per heavy atom. The Hall–Kier alpha value is -0.600. The van der Waals surface area contributed by atoms with E-state index in [1.807, 2.05) is 0 Å². The van der Waals surface area contributed by atoms with Gasteiger partial charge in [0.15, 0.2) is 0 Å². The molecule has 1 aromatic rings. The van der Waals surface area contributed by atoms with E-state index in [2.05, 4.69) is 65.0 Å². The second kappa shape index (κ2) is 7.25. The van der Waals surface area contributed by atoms with Crippen LogP contribution in [-0.2, 0) is 0 Å². The SMILES string of the molecule is CC(C)CCCN1CC=C(c2ccc(Br)cc2)CC1. The molecule has 0 aliphatic carbocycles. The highest BCUT2D eigenvalue weighted by Crippen LogP contribution is 2.24. The minimum atomic E-state index is 0.832. The van der Waals surface area contributed by atoms with Crippen LogP contribution in [0.1, 0.15) is 38.7 Å². The van der Waals surface area contributed by atoms with Gasteiger partial charge < -0.3 is 0 Å². The predicted octanol–water partition coefficient (Wildman–Crippen LogP) is 4.97. The van der Waals surface area contributed by atoms with Crippen molar-refractivity contribution in [3.05, 3.63) is 40.4 Å². The Kier molecular flexibility index (Phi) is 5.65. The summed E-state index contributed by atoms with van der Waals surface area (Å²) in [4.78, 5) is 2.57. The molecule has 1 nitrogen and oxygen atoms in total. The van der Waals surface area contributed by atoms with Gasteiger partial charge in [-0.3, -0.25) is 4.90 Å². The van der Waals surface area contributed by atoms with Gasteiger partial charge in [-0.15, -0.1) is 0 Å². The van der Waals surface area contributed by atoms with Crippen LogP contribution in [0, 0.1) is 5.92 Å². The highest BCUT2D eigenvalue weighted by atomic mass is 79.9. The standard InChI is InChI=1S/C17H24BrN/c1-14(2)4-3-11-19-12-9-16(10-13-19)15-5-7-17(18)8-6-15/h5-9,14H,3-4,10-13H2,1-2H3. The van der Waals surface area contributed by atoms with Crippen LogP contribution in [0.2, 0.25) is 0 Å². The minimum Gasteiger partial charge on any atom is -0.299 e. The highest BCUT2D eigenvalue weighted by Gasteiger charge is 2.12. The average molecular weight is 322 g/mol. The molecule has 104 valence electrons. The van der Waals surface area contributed by atoms with Crippen molar-refractivity contribution < 1.29 is 0 Å².